The highest BCUT2D eigenvalue weighted by Gasteiger charge is 2.19. The van der Waals surface area contributed by atoms with Crippen LogP contribution in [0.5, 0.6) is 11.5 Å². The van der Waals surface area contributed by atoms with Gasteiger partial charge in [0.1, 0.15) is 0 Å². The van der Waals surface area contributed by atoms with Gasteiger partial charge in [-0.1, -0.05) is 54.1 Å². The number of carbonyl (C=O) groups excluding carboxylic acids is 1. The number of aryl methyl sites for hydroxylation is 1. The summed E-state index contributed by atoms with van der Waals surface area (Å²) in [4.78, 5) is 18.1. The minimum atomic E-state index is -0.122. The average Bonchev–Trinajstić information content (AvgIpc) is 3.25. The third-order valence-corrected chi connectivity index (χ3v) is 5.50. The normalized spacial score (nSPS) is 12.6. The number of pyridine rings is 1. The summed E-state index contributed by atoms with van der Waals surface area (Å²) in [7, 11) is 0. The molecule has 0 fully saturated rings. The van der Waals surface area contributed by atoms with Crippen molar-refractivity contribution in [3.63, 3.8) is 0 Å². The van der Waals surface area contributed by atoms with Crippen LogP contribution in [0.4, 0.5) is 0 Å². The number of benzene rings is 3. The van der Waals surface area contributed by atoms with Crippen LogP contribution in [0.1, 0.15) is 21.6 Å². The number of ether oxygens (including phenoxy) is 2. The number of halogens is 1. The van der Waals surface area contributed by atoms with Crippen molar-refractivity contribution in [2.45, 2.75) is 6.92 Å². The van der Waals surface area contributed by atoms with Gasteiger partial charge in [0.2, 0.25) is 6.79 Å². The molecule has 0 saturated heterocycles. The Morgan fingerprint density at radius 1 is 1.00 bits per heavy atom. The number of hydrogen-bond acceptors (Lipinski definition) is 4. The maximum atomic E-state index is 13.4. The molecule has 152 valence electrons. The van der Waals surface area contributed by atoms with Crippen LogP contribution in [-0.2, 0) is 0 Å². The van der Waals surface area contributed by atoms with E-state index in [1.165, 1.54) is 0 Å². The van der Waals surface area contributed by atoms with Gasteiger partial charge in [-0.15, -0.1) is 0 Å². The van der Waals surface area contributed by atoms with Gasteiger partial charge < -0.3 is 9.47 Å². The van der Waals surface area contributed by atoms with Crippen LogP contribution in [-0.4, -0.2) is 17.6 Å². The molecule has 4 nitrogen and oxygen atoms in total. The van der Waals surface area contributed by atoms with Gasteiger partial charge in [-0.3, -0.25) is 9.78 Å². The maximum absolute atomic E-state index is 13.4. The fourth-order valence-electron chi connectivity index (χ4n) is 3.84. The van der Waals surface area contributed by atoms with Crippen molar-refractivity contribution in [2.75, 3.05) is 6.79 Å². The van der Waals surface area contributed by atoms with Gasteiger partial charge in [0.25, 0.3) is 0 Å². The van der Waals surface area contributed by atoms with Gasteiger partial charge >= 0.3 is 0 Å². The molecule has 5 rings (SSSR count). The monoisotopic (exact) mass is 427 g/mol. The first-order chi connectivity index (χ1) is 15.1. The second kappa shape index (κ2) is 7.89. The van der Waals surface area contributed by atoms with Crippen molar-refractivity contribution in [3.8, 4) is 22.6 Å². The van der Waals surface area contributed by atoms with Gasteiger partial charge in [-0.05, 0) is 54.5 Å². The van der Waals surface area contributed by atoms with Gasteiger partial charge in [0.15, 0.2) is 17.3 Å². The van der Waals surface area contributed by atoms with Crippen LogP contribution >= 0.6 is 11.6 Å². The summed E-state index contributed by atoms with van der Waals surface area (Å²) in [6, 6.07) is 21.0. The molecule has 0 bridgehead atoms. The molecule has 1 aliphatic rings. The number of allylic oxidation sites excluding steroid dienone is 1. The summed E-state index contributed by atoms with van der Waals surface area (Å²) in [6.07, 6.45) is 3.35. The molecule has 0 spiro atoms. The van der Waals surface area contributed by atoms with Gasteiger partial charge in [0, 0.05) is 21.7 Å². The zero-order valence-electron chi connectivity index (χ0n) is 16.8. The van der Waals surface area contributed by atoms with E-state index in [9.17, 15) is 4.79 Å². The Morgan fingerprint density at radius 2 is 1.81 bits per heavy atom. The minimum Gasteiger partial charge on any atom is -0.454 e. The van der Waals surface area contributed by atoms with E-state index in [0.717, 1.165) is 27.6 Å². The molecule has 31 heavy (non-hydrogen) atoms. The molecule has 0 amide bonds. The number of rotatable bonds is 4. The van der Waals surface area contributed by atoms with Gasteiger partial charge in [-0.2, -0.15) is 0 Å². The summed E-state index contributed by atoms with van der Waals surface area (Å²) in [6.45, 7) is 2.08. The van der Waals surface area contributed by atoms with E-state index < -0.39 is 0 Å². The number of nitrogens with zero attached hydrogens (tertiary/aromatic N) is 1. The standard InChI is InChI=1S/C26H18ClNO3/c1-16-25(22(29)11-7-17-8-12-23-24(13-17)31-15-30-23)26(18-5-3-2-4-6-18)20-14-19(27)9-10-21(20)28-16/h2-14H,15H2,1H3. The fraction of sp³-hybridized carbons (Fsp3) is 0.0769. The van der Waals surface area contributed by atoms with E-state index in [1.54, 1.807) is 12.2 Å². The summed E-state index contributed by atoms with van der Waals surface area (Å²) in [5, 5.41) is 1.45. The summed E-state index contributed by atoms with van der Waals surface area (Å²) in [5.74, 6) is 1.27. The summed E-state index contributed by atoms with van der Waals surface area (Å²) >= 11 is 6.29. The molecule has 0 aliphatic carbocycles. The third-order valence-electron chi connectivity index (χ3n) is 5.26. The molecule has 0 saturated carbocycles. The molecule has 0 atom stereocenters. The third kappa shape index (κ3) is 3.66. The SMILES string of the molecule is Cc1nc2ccc(Cl)cc2c(-c2ccccc2)c1C(=O)C=Cc1ccc2c(c1)OCO2. The predicted molar refractivity (Wildman–Crippen MR) is 123 cm³/mol. The number of carbonyl (C=O) groups is 1. The molecule has 0 radical (unpaired) electrons. The van der Waals surface area contributed by atoms with Crippen molar-refractivity contribution < 1.29 is 14.3 Å². The Bertz CT molecular complexity index is 1350. The van der Waals surface area contributed by atoms with Crippen molar-refractivity contribution in [1.82, 2.24) is 4.98 Å². The number of hydrogen-bond donors (Lipinski definition) is 0. The van der Waals surface area contributed by atoms with Crippen LogP contribution in [0.15, 0.2) is 72.8 Å². The molecule has 1 aliphatic heterocycles. The molecule has 0 N–H and O–H groups in total. The zero-order valence-corrected chi connectivity index (χ0v) is 17.5. The maximum Gasteiger partial charge on any atom is 0.231 e. The molecule has 3 aromatic carbocycles. The van der Waals surface area contributed by atoms with Gasteiger partial charge in [0.05, 0.1) is 11.1 Å². The highest BCUT2D eigenvalue weighted by atomic mass is 35.5. The number of ketones is 1. The predicted octanol–water partition coefficient (Wildman–Crippen LogP) is 6.49. The average molecular weight is 428 g/mol. The highest BCUT2D eigenvalue weighted by Crippen LogP contribution is 2.35. The van der Waals surface area contributed by atoms with Crippen LogP contribution in [0.2, 0.25) is 5.02 Å². The molecular formula is C26H18ClNO3. The topological polar surface area (TPSA) is 48.4 Å². The first kappa shape index (κ1) is 19.3. The zero-order chi connectivity index (χ0) is 21.4. The van der Waals surface area contributed by atoms with Gasteiger partial charge in [-0.25, -0.2) is 0 Å². The largest absolute Gasteiger partial charge is 0.454 e. The van der Waals surface area contributed by atoms with E-state index in [4.69, 9.17) is 21.1 Å². The number of aromatic nitrogens is 1. The summed E-state index contributed by atoms with van der Waals surface area (Å²) < 4.78 is 10.8. The van der Waals surface area contributed by atoms with Crippen molar-refractivity contribution >= 4 is 34.4 Å². The quantitative estimate of drug-likeness (QED) is 0.276. The lowest BCUT2D eigenvalue weighted by Gasteiger charge is -2.14. The van der Waals surface area contributed by atoms with Crippen LogP contribution in [0.25, 0.3) is 28.1 Å². The Hall–Kier alpha value is -3.63. The van der Waals surface area contributed by atoms with E-state index in [1.807, 2.05) is 73.7 Å². The van der Waals surface area contributed by atoms with Crippen LogP contribution in [0, 0.1) is 6.92 Å². The van der Waals surface area contributed by atoms with Crippen LogP contribution in [0.3, 0.4) is 0 Å². The Morgan fingerprint density at radius 3 is 2.65 bits per heavy atom. The van der Waals surface area contributed by atoms with E-state index in [2.05, 4.69) is 4.98 Å². The molecule has 5 heteroatoms. The van der Waals surface area contributed by atoms with Crippen LogP contribution < -0.4 is 9.47 Å². The van der Waals surface area contributed by atoms with E-state index in [0.29, 0.717) is 27.8 Å². The molecule has 1 aromatic heterocycles. The Balaban J connectivity index is 1.63. The number of fused-ring (bicyclic) bond motifs is 2. The molecular weight excluding hydrogens is 410 g/mol. The second-order valence-electron chi connectivity index (χ2n) is 7.28. The lowest BCUT2D eigenvalue weighted by Crippen LogP contribution is -2.05. The molecule has 0 unspecified atom stereocenters. The minimum absolute atomic E-state index is 0.122. The smallest absolute Gasteiger partial charge is 0.231 e. The van der Waals surface area contributed by atoms with Crippen molar-refractivity contribution in [2.24, 2.45) is 0 Å². The first-order valence-corrected chi connectivity index (χ1v) is 10.3. The van der Waals surface area contributed by atoms with E-state index in [-0.39, 0.29) is 12.6 Å². The fourth-order valence-corrected chi connectivity index (χ4v) is 4.01. The lowest BCUT2D eigenvalue weighted by molar-refractivity contribution is 0.104. The Labute approximate surface area is 184 Å². The molecule has 4 aromatic rings. The Kier molecular flexibility index (Phi) is 4.92. The summed E-state index contributed by atoms with van der Waals surface area (Å²) in [5.41, 5.74) is 4.68. The van der Waals surface area contributed by atoms with Crippen molar-refractivity contribution in [3.05, 3.63) is 94.6 Å². The van der Waals surface area contributed by atoms with Crippen molar-refractivity contribution in [1.29, 1.82) is 0 Å². The highest BCUT2D eigenvalue weighted by molar-refractivity contribution is 6.31. The van der Waals surface area contributed by atoms with E-state index >= 15 is 0 Å². The first-order valence-electron chi connectivity index (χ1n) is 9.87. The molecule has 2 heterocycles. The lowest BCUT2D eigenvalue weighted by atomic mass is 9.92. The second-order valence-corrected chi connectivity index (χ2v) is 7.72.